The first-order chi connectivity index (χ1) is 20.9. The van der Waals surface area contributed by atoms with Crippen LogP contribution in [0.4, 0.5) is 37.3 Å². The van der Waals surface area contributed by atoms with Crippen molar-refractivity contribution in [3.8, 4) is 17.1 Å². The minimum Gasteiger partial charge on any atom is -0.461 e. The number of nitrogens with two attached hydrogens (primary N) is 1. The number of nitrogen functional groups attached to an aromatic ring is 1. The predicted octanol–water partition coefficient (Wildman–Crippen LogP) is 5.54. The highest BCUT2D eigenvalue weighted by molar-refractivity contribution is 7.22. The maximum Gasteiger partial charge on any atom is 0.417 e. The molecule has 3 N–H and O–H groups in total. The molecule has 0 spiro atoms. The van der Waals surface area contributed by atoms with Crippen LogP contribution in [0.1, 0.15) is 31.7 Å². The standard InChI is InChI=1S/C29H29F6N7OS/c1-14-11-41(8-6-37-14)25-17-9-18(29(33,34)35)20(16-3-4-19(31)24-23(16)38-26(36)44-24)21(32)22(17)39-27(40-25)43-13-28-5-2-7-42(28)12-15(30)10-28/h3-4,9,14-15,37H,2,5-8,10-13H2,1H3,(H2,36,38)/t14-,15-,28-/m1/s1. The maximum atomic E-state index is 16.7. The Morgan fingerprint density at radius 2 is 1.95 bits per heavy atom. The zero-order valence-electron chi connectivity index (χ0n) is 23.6. The molecule has 3 aliphatic rings. The third kappa shape index (κ3) is 4.88. The lowest BCUT2D eigenvalue weighted by molar-refractivity contribution is -0.137. The number of hydrogen-bond acceptors (Lipinski definition) is 9. The normalized spacial score (nSPS) is 24.5. The molecule has 3 atom stereocenters. The van der Waals surface area contributed by atoms with E-state index in [-0.39, 0.29) is 62.7 Å². The van der Waals surface area contributed by atoms with Crippen LogP contribution >= 0.6 is 11.3 Å². The van der Waals surface area contributed by atoms with Crippen molar-refractivity contribution >= 4 is 43.4 Å². The number of anilines is 2. The van der Waals surface area contributed by atoms with Crippen molar-refractivity contribution in [1.82, 2.24) is 25.2 Å². The third-order valence-electron chi connectivity index (χ3n) is 8.88. The number of nitrogens with zero attached hydrogens (tertiary/aromatic N) is 5. The zero-order valence-corrected chi connectivity index (χ0v) is 24.5. The molecule has 8 nitrogen and oxygen atoms in total. The molecule has 7 rings (SSSR count). The van der Waals surface area contributed by atoms with Crippen LogP contribution in [0.3, 0.4) is 0 Å². The Bertz CT molecular complexity index is 1770. The van der Waals surface area contributed by atoms with Crippen molar-refractivity contribution in [1.29, 1.82) is 0 Å². The van der Waals surface area contributed by atoms with E-state index in [4.69, 9.17) is 10.5 Å². The summed E-state index contributed by atoms with van der Waals surface area (Å²) < 4.78 is 95.7. The number of nitrogens with one attached hydrogen (secondary N) is 1. The van der Waals surface area contributed by atoms with Crippen LogP contribution in [-0.4, -0.2) is 76.9 Å². The molecule has 0 unspecified atom stereocenters. The number of ether oxygens (including phenoxy) is 1. The first-order valence-corrected chi connectivity index (χ1v) is 15.2. The summed E-state index contributed by atoms with van der Waals surface area (Å²) in [5.74, 6) is -1.90. The molecule has 0 radical (unpaired) electrons. The zero-order chi connectivity index (χ0) is 31.0. The van der Waals surface area contributed by atoms with Gasteiger partial charge in [-0.3, -0.25) is 4.90 Å². The lowest BCUT2D eigenvalue weighted by atomic mass is 9.95. The Morgan fingerprint density at radius 3 is 2.73 bits per heavy atom. The van der Waals surface area contributed by atoms with Crippen LogP contribution in [0.25, 0.3) is 32.2 Å². The summed E-state index contributed by atoms with van der Waals surface area (Å²) in [4.78, 5) is 16.7. The number of fused-ring (bicyclic) bond motifs is 3. The second-order valence-electron chi connectivity index (χ2n) is 11.8. The van der Waals surface area contributed by atoms with Crippen LogP contribution in [0.5, 0.6) is 6.01 Å². The van der Waals surface area contributed by atoms with Gasteiger partial charge in [-0.1, -0.05) is 11.3 Å². The summed E-state index contributed by atoms with van der Waals surface area (Å²) >= 11 is 0.759. The first kappa shape index (κ1) is 29.3. The van der Waals surface area contributed by atoms with Crippen molar-refractivity contribution in [3.05, 3.63) is 35.4 Å². The average Bonchev–Trinajstić information content (AvgIpc) is 3.63. The maximum absolute atomic E-state index is 16.7. The van der Waals surface area contributed by atoms with Crippen LogP contribution in [0.2, 0.25) is 0 Å². The Morgan fingerprint density at radius 1 is 1.14 bits per heavy atom. The number of thiazole rings is 1. The molecule has 0 amide bonds. The van der Waals surface area contributed by atoms with Crippen molar-refractivity contribution < 1.29 is 31.1 Å². The van der Waals surface area contributed by atoms with E-state index in [2.05, 4.69) is 20.3 Å². The fraction of sp³-hybridized carbons (Fsp3) is 0.483. The largest absolute Gasteiger partial charge is 0.461 e. The molecule has 0 bridgehead atoms. The average molecular weight is 638 g/mol. The van der Waals surface area contributed by atoms with E-state index in [0.717, 1.165) is 42.5 Å². The number of hydrogen-bond donors (Lipinski definition) is 2. The fourth-order valence-electron chi connectivity index (χ4n) is 6.95. The predicted molar refractivity (Wildman–Crippen MR) is 156 cm³/mol. The van der Waals surface area contributed by atoms with Gasteiger partial charge in [-0.05, 0) is 44.5 Å². The Hall–Kier alpha value is -3.43. The summed E-state index contributed by atoms with van der Waals surface area (Å²) in [5.41, 5.74) is 2.31. The van der Waals surface area contributed by atoms with Crippen LogP contribution in [-0.2, 0) is 6.18 Å². The number of piperazine rings is 1. The second-order valence-corrected chi connectivity index (χ2v) is 12.9. The molecule has 3 saturated heterocycles. The highest BCUT2D eigenvalue weighted by Gasteiger charge is 2.49. The fourth-order valence-corrected chi connectivity index (χ4v) is 7.71. The molecule has 5 heterocycles. The van der Waals surface area contributed by atoms with E-state index in [1.807, 2.05) is 11.8 Å². The minimum atomic E-state index is -4.99. The van der Waals surface area contributed by atoms with Gasteiger partial charge in [0.15, 0.2) is 10.9 Å². The van der Waals surface area contributed by atoms with Gasteiger partial charge < -0.3 is 20.7 Å². The van der Waals surface area contributed by atoms with E-state index < -0.39 is 40.6 Å². The Labute approximate surface area is 252 Å². The van der Waals surface area contributed by atoms with E-state index in [9.17, 15) is 22.0 Å². The van der Waals surface area contributed by atoms with Crippen LogP contribution in [0.15, 0.2) is 18.2 Å². The number of aromatic nitrogens is 3. The van der Waals surface area contributed by atoms with Gasteiger partial charge in [0.2, 0.25) is 0 Å². The molecule has 2 aromatic carbocycles. The Balaban J connectivity index is 1.43. The summed E-state index contributed by atoms with van der Waals surface area (Å²) in [5, 5.41) is 3.07. The van der Waals surface area contributed by atoms with Gasteiger partial charge in [0.25, 0.3) is 0 Å². The smallest absolute Gasteiger partial charge is 0.417 e. The summed E-state index contributed by atoms with van der Waals surface area (Å²) in [6.45, 7) is 4.35. The lowest BCUT2D eigenvalue weighted by Gasteiger charge is -2.34. The number of halogens is 6. The summed E-state index contributed by atoms with van der Waals surface area (Å²) in [7, 11) is 0. The van der Waals surface area contributed by atoms with Gasteiger partial charge in [-0.15, -0.1) is 0 Å². The minimum absolute atomic E-state index is 0.0159. The number of alkyl halides is 4. The van der Waals surface area contributed by atoms with Crippen molar-refractivity contribution in [3.63, 3.8) is 0 Å². The lowest BCUT2D eigenvalue weighted by Crippen LogP contribution is -2.49. The molecule has 4 aromatic rings. The highest BCUT2D eigenvalue weighted by atomic mass is 32.1. The molecule has 15 heteroatoms. The van der Waals surface area contributed by atoms with Gasteiger partial charge in [0.1, 0.15) is 29.9 Å². The van der Waals surface area contributed by atoms with Crippen molar-refractivity contribution in [2.75, 3.05) is 50.0 Å². The van der Waals surface area contributed by atoms with Gasteiger partial charge >= 0.3 is 12.2 Å². The molecule has 0 aliphatic carbocycles. The van der Waals surface area contributed by atoms with Gasteiger partial charge in [0.05, 0.1) is 21.3 Å². The van der Waals surface area contributed by atoms with E-state index in [0.29, 0.717) is 32.6 Å². The molecule has 44 heavy (non-hydrogen) atoms. The Kier molecular flexibility index (Phi) is 7.05. The van der Waals surface area contributed by atoms with E-state index in [1.54, 1.807) is 4.90 Å². The van der Waals surface area contributed by atoms with Gasteiger partial charge in [-0.25, -0.2) is 18.2 Å². The highest BCUT2D eigenvalue weighted by Crippen LogP contribution is 2.46. The van der Waals surface area contributed by atoms with Crippen molar-refractivity contribution in [2.45, 2.75) is 50.1 Å². The monoisotopic (exact) mass is 637 g/mol. The number of rotatable bonds is 5. The summed E-state index contributed by atoms with van der Waals surface area (Å²) in [6.07, 6.45) is -4.11. The third-order valence-corrected chi connectivity index (χ3v) is 9.77. The van der Waals surface area contributed by atoms with Crippen LogP contribution in [0, 0.1) is 11.6 Å². The van der Waals surface area contributed by atoms with Crippen LogP contribution < -0.4 is 20.7 Å². The molecule has 2 aromatic heterocycles. The number of benzene rings is 2. The molecular formula is C29H29F6N7OS. The molecular weight excluding hydrogens is 608 g/mol. The summed E-state index contributed by atoms with van der Waals surface area (Å²) in [6, 6.07) is 2.64. The topological polar surface area (TPSA) is 92.4 Å². The molecule has 234 valence electrons. The second kappa shape index (κ2) is 10.6. The van der Waals surface area contributed by atoms with Gasteiger partial charge in [0, 0.05) is 55.2 Å². The van der Waals surface area contributed by atoms with E-state index >= 15 is 4.39 Å². The van der Waals surface area contributed by atoms with Gasteiger partial charge in [-0.2, -0.15) is 23.1 Å². The molecule has 0 saturated carbocycles. The first-order valence-electron chi connectivity index (χ1n) is 14.4. The molecule has 3 fully saturated rings. The van der Waals surface area contributed by atoms with E-state index in [1.165, 1.54) is 0 Å². The SMILES string of the molecule is C[C@@H]1CN(c2nc(OC[C@]34CCCN3C[C@H](F)C4)nc3c(F)c(-c4ccc(F)c5sc(N)nc45)c(C(F)(F)F)cc23)CCN1. The quantitative estimate of drug-likeness (QED) is 0.276. The van der Waals surface area contributed by atoms with Crippen molar-refractivity contribution in [2.24, 2.45) is 0 Å². The molecule has 3 aliphatic heterocycles.